The quantitative estimate of drug-likeness (QED) is 0.104. The molecule has 0 unspecified atom stereocenters. The Morgan fingerprint density at radius 2 is 0.845 bits per heavy atom. The van der Waals surface area contributed by atoms with Crippen LogP contribution in [0, 0.1) is 6.92 Å². The van der Waals surface area contributed by atoms with Gasteiger partial charge in [0.05, 0.1) is 24.2 Å². The Morgan fingerprint density at radius 1 is 0.451 bits per heavy atom. The van der Waals surface area contributed by atoms with Crippen molar-refractivity contribution in [1.29, 1.82) is 0 Å². The second-order valence-electron chi connectivity index (χ2n) is 17.5. The monoisotopic (exact) mass is 936 g/mol. The molecule has 0 saturated carbocycles. The van der Waals surface area contributed by atoms with Crippen molar-refractivity contribution in [3.05, 3.63) is 249 Å². The molecule has 0 spiro atoms. The molecule has 11 heteroatoms. The van der Waals surface area contributed by atoms with Crippen molar-refractivity contribution in [2.45, 2.75) is 52.4 Å². The SMILES string of the molecule is COc1ccc(N=Nc2c(N=Nc3cc4c(O)c(c3)Cc3cccc(c3OCc3ccccc3)Cc3cccc(c3OCc3ccccc3)Cc3cccc(c3OCc3ccccc3)C4)n[nH]c2C)cc1. The van der Waals surface area contributed by atoms with Crippen molar-refractivity contribution in [3.8, 4) is 28.7 Å². The molecule has 2 N–H and O–H groups in total. The molecule has 9 aromatic rings. The number of benzene rings is 8. The molecule has 71 heavy (non-hydrogen) atoms. The van der Waals surface area contributed by atoms with E-state index >= 15 is 0 Å². The summed E-state index contributed by atoms with van der Waals surface area (Å²) in [6, 6.07) is 60.5. The molecule has 8 bridgehead atoms. The fourth-order valence-electron chi connectivity index (χ4n) is 8.85. The van der Waals surface area contributed by atoms with Gasteiger partial charge in [-0.2, -0.15) is 10.2 Å². The maximum absolute atomic E-state index is 12.5. The Kier molecular flexibility index (Phi) is 14.0. The molecule has 11 nitrogen and oxygen atoms in total. The Bertz CT molecular complexity index is 3180. The smallest absolute Gasteiger partial charge is 0.223 e. The van der Waals surface area contributed by atoms with Crippen molar-refractivity contribution < 1.29 is 24.1 Å². The van der Waals surface area contributed by atoms with Crippen LogP contribution in [0.4, 0.5) is 22.9 Å². The number of phenols is 1. The van der Waals surface area contributed by atoms with Gasteiger partial charge in [0.2, 0.25) is 5.82 Å². The largest absolute Gasteiger partial charge is 0.507 e. The maximum Gasteiger partial charge on any atom is 0.223 e. The van der Waals surface area contributed by atoms with Crippen molar-refractivity contribution in [2.24, 2.45) is 20.5 Å². The Morgan fingerprint density at radius 3 is 1.25 bits per heavy atom. The average Bonchev–Trinajstić information content (AvgIpc) is 3.76. The van der Waals surface area contributed by atoms with E-state index < -0.39 is 0 Å². The predicted molar refractivity (Wildman–Crippen MR) is 276 cm³/mol. The van der Waals surface area contributed by atoms with E-state index in [0.29, 0.717) is 79.4 Å². The van der Waals surface area contributed by atoms with E-state index in [1.54, 1.807) is 7.11 Å². The number of para-hydroxylation sites is 3. The van der Waals surface area contributed by atoms with Gasteiger partial charge in [-0.05, 0) is 93.4 Å². The molecule has 1 aromatic heterocycles. The molecule has 1 heterocycles. The van der Waals surface area contributed by atoms with Crippen LogP contribution in [-0.2, 0) is 45.5 Å². The van der Waals surface area contributed by atoms with E-state index in [0.717, 1.165) is 73.1 Å². The third kappa shape index (κ3) is 11.1. The van der Waals surface area contributed by atoms with Crippen molar-refractivity contribution in [2.75, 3.05) is 7.11 Å². The number of nitrogens with zero attached hydrogens (tertiary/aromatic N) is 5. The van der Waals surface area contributed by atoms with Gasteiger partial charge in [-0.3, -0.25) is 5.10 Å². The van der Waals surface area contributed by atoms with Crippen LogP contribution in [0.2, 0.25) is 0 Å². The average molecular weight is 937 g/mol. The summed E-state index contributed by atoms with van der Waals surface area (Å²) in [4.78, 5) is 0. The van der Waals surface area contributed by atoms with Crippen molar-refractivity contribution in [3.63, 3.8) is 0 Å². The van der Waals surface area contributed by atoms with E-state index in [2.05, 4.69) is 117 Å². The van der Waals surface area contributed by atoms with Crippen LogP contribution in [0.3, 0.4) is 0 Å². The summed E-state index contributed by atoms with van der Waals surface area (Å²) in [7, 11) is 1.62. The standard InChI is InChI=1S/C60H52N6O5/c1-40-55(64-62-52-27-29-54(68-2)30-28-52)60(65-61-40)66-63-53-35-50-33-48-25-13-23-46(58(48)70-38-42-17-8-4-9-18-42)31-44-21-12-22-45(57(44)69-37-41-15-6-3-7-16-41)32-47-24-14-26-49(34-51(36-53)56(50)67)59(47)71-39-43-19-10-5-11-20-43/h3-30,35-36,67H,31-34,37-39H2,1-2H3,(H,61,65). The first-order valence-electron chi connectivity index (χ1n) is 23.6. The van der Waals surface area contributed by atoms with Crippen molar-refractivity contribution >= 4 is 22.9 Å². The fraction of sp³-hybridized carbons (Fsp3) is 0.150. The highest BCUT2D eigenvalue weighted by atomic mass is 16.5. The number of fused-ring (bicyclic) bond motifs is 8. The van der Waals surface area contributed by atoms with Gasteiger partial charge in [0.1, 0.15) is 48.6 Å². The minimum Gasteiger partial charge on any atom is -0.507 e. The van der Waals surface area contributed by atoms with Crippen LogP contribution in [-0.4, -0.2) is 22.4 Å². The van der Waals surface area contributed by atoms with Crippen LogP contribution in [0.15, 0.2) is 202 Å². The fourth-order valence-corrected chi connectivity index (χ4v) is 8.85. The van der Waals surface area contributed by atoms with Gasteiger partial charge in [-0.25, -0.2) is 0 Å². The van der Waals surface area contributed by atoms with Gasteiger partial charge in [-0.1, -0.05) is 146 Å². The summed E-state index contributed by atoms with van der Waals surface area (Å²) in [5.41, 5.74) is 12.6. The first-order valence-corrected chi connectivity index (χ1v) is 23.6. The molecule has 10 rings (SSSR count). The lowest BCUT2D eigenvalue weighted by atomic mass is 9.91. The van der Waals surface area contributed by atoms with Gasteiger partial charge < -0.3 is 24.1 Å². The minimum atomic E-state index is 0.154. The summed E-state index contributed by atoms with van der Waals surface area (Å²) < 4.78 is 25.9. The highest BCUT2D eigenvalue weighted by molar-refractivity contribution is 5.62. The highest BCUT2D eigenvalue weighted by Crippen LogP contribution is 2.41. The number of aromatic nitrogens is 2. The number of aromatic amines is 1. The van der Waals surface area contributed by atoms with E-state index in [4.69, 9.17) is 24.1 Å². The van der Waals surface area contributed by atoms with E-state index in [1.165, 1.54) is 0 Å². The highest BCUT2D eigenvalue weighted by Gasteiger charge is 2.22. The predicted octanol–water partition coefficient (Wildman–Crippen LogP) is 14.7. The molecule has 1 aliphatic carbocycles. The molecule has 0 amide bonds. The molecular formula is C60H52N6O5. The van der Waals surface area contributed by atoms with Crippen LogP contribution in [0.5, 0.6) is 28.7 Å². The van der Waals surface area contributed by atoms with Crippen LogP contribution in [0.25, 0.3) is 0 Å². The lowest BCUT2D eigenvalue weighted by Crippen LogP contribution is -2.08. The maximum atomic E-state index is 12.5. The number of nitrogens with one attached hydrogen (secondary N) is 1. The first kappa shape index (κ1) is 45.9. The molecule has 0 fully saturated rings. The number of hydrogen-bond acceptors (Lipinski definition) is 10. The lowest BCUT2D eigenvalue weighted by molar-refractivity contribution is 0.295. The van der Waals surface area contributed by atoms with Gasteiger partial charge in [0.25, 0.3) is 0 Å². The number of H-pyrrole nitrogens is 1. The molecule has 0 saturated heterocycles. The number of azo groups is 2. The minimum absolute atomic E-state index is 0.154. The Labute approximate surface area is 413 Å². The second kappa shape index (κ2) is 21.6. The van der Waals surface area contributed by atoms with Crippen molar-refractivity contribution in [1.82, 2.24) is 10.2 Å². The summed E-state index contributed by atoms with van der Waals surface area (Å²) in [6.45, 7) is 2.98. The van der Waals surface area contributed by atoms with Gasteiger partial charge >= 0.3 is 0 Å². The summed E-state index contributed by atoms with van der Waals surface area (Å²) >= 11 is 0. The first-order chi connectivity index (χ1) is 34.9. The van der Waals surface area contributed by atoms with E-state index in [-0.39, 0.29) is 11.6 Å². The molecule has 1 aliphatic rings. The van der Waals surface area contributed by atoms with Crippen LogP contribution in [0.1, 0.15) is 66.9 Å². The topological polar surface area (TPSA) is 135 Å². The molecule has 8 aromatic carbocycles. The number of hydrogen-bond donors (Lipinski definition) is 2. The molecule has 0 aliphatic heterocycles. The number of ether oxygens (including phenoxy) is 4. The summed E-state index contributed by atoms with van der Waals surface area (Å²) in [5, 5.41) is 38.2. The van der Waals surface area contributed by atoms with Gasteiger partial charge in [0, 0.05) is 36.8 Å². The third-order valence-electron chi connectivity index (χ3n) is 12.5. The molecule has 0 atom stereocenters. The summed E-state index contributed by atoms with van der Waals surface area (Å²) in [5.74, 6) is 3.47. The zero-order valence-corrected chi connectivity index (χ0v) is 39.6. The van der Waals surface area contributed by atoms with E-state index in [1.807, 2.05) is 97.9 Å². The number of methoxy groups -OCH3 is 1. The van der Waals surface area contributed by atoms with Crippen LogP contribution < -0.4 is 18.9 Å². The zero-order valence-electron chi connectivity index (χ0n) is 39.6. The Balaban J connectivity index is 1.10. The number of phenolic OH excluding ortho intramolecular Hbond substituents is 1. The van der Waals surface area contributed by atoms with Crippen LogP contribution >= 0.6 is 0 Å². The van der Waals surface area contributed by atoms with E-state index in [9.17, 15) is 5.11 Å². The lowest BCUT2D eigenvalue weighted by Gasteiger charge is -2.22. The zero-order chi connectivity index (χ0) is 48.4. The molecular weight excluding hydrogens is 885 g/mol. The third-order valence-corrected chi connectivity index (χ3v) is 12.5. The number of rotatable bonds is 14. The molecule has 352 valence electrons. The van der Waals surface area contributed by atoms with Gasteiger partial charge in [-0.15, -0.1) is 15.3 Å². The normalized spacial score (nSPS) is 12.3. The molecule has 0 radical (unpaired) electrons. The van der Waals surface area contributed by atoms with Gasteiger partial charge in [0.15, 0.2) is 5.69 Å². The number of aromatic hydroxyl groups is 1. The number of aryl methyl sites for hydroxylation is 1. The summed E-state index contributed by atoms with van der Waals surface area (Å²) in [6.07, 6.45) is 1.72. The Hall–Kier alpha value is -8.83. The second-order valence-corrected chi connectivity index (χ2v) is 17.5.